The second-order valence-corrected chi connectivity index (χ2v) is 5.83. The molecule has 5 nitrogen and oxygen atoms in total. The molecule has 2 N–H and O–H groups in total. The highest BCUT2D eigenvalue weighted by molar-refractivity contribution is 5.90. The topological polar surface area (TPSA) is 61.8 Å². The molecule has 1 unspecified atom stereocenters. The van der Waals surface area contributed by atoms with Gasteiger partial charge in [0.05, 0.1) is 19.8 Å². The summed E-state index contributed by atoms with van der Waals surface area (Å²) in [4.78, 5) is 14.0. The molecule has 0 radical (unpaired) electrons. The second kappa shape index (κ2) is 7.84. The van der Waals surface area contributed by atoms with Gasteiger partial charge in [-0.1, -0.05) is 29.8 Å². The molecule has 2 amide bonds. The monoisotopic (exact) mass is 328 g/mol. The van der Waals surface area contributed by atoms with E-state index in [1.54, 1.807) is 14.2 Å². The zero-order valence-electron chi connectivity index (χ0n) is 14.5. The Labute approximate surface area is 142 Å². The van der Waals surface area contributed by atoms with Crippen LogP contribution in [-0.2, 0) is 0 Å². The molecule has 0 saturated heterocycles. The maximum absolute atomic E-state index is 12.5. The maximum atomic E-state index is 12.5. The molecule has 2 rings (SSSR count). The minimum atomic E-state index is -0.429. The SMILES string of the molecule is COc1ccc(C(CO)N(C)C(=O)Nc2ccc(C)cc2C)cc1. The fourth-order valence-corrected chi connectivity index (χ4v) is 2.58. The first-order valence-electron chi connectivity index (χ1n) is 7.82. The van der Waals surface area contributed by atoms with Gasteiger partial charge >= 0.3 is 6.03 Å². The third kappa shape index (κ3) is 4.06. The summed E-state index contributed by atoms with van der Waals surface area (Å²) < 4.78 is 5.14. The van der Waals surface area contributed by atoms with Gasteiger partial charge < -0.3 is 20.1 Å². The molecule has 0 aliphatic rings. The fourth-order valence-electron chi connectivity index (χ4n) is 2.58. The molecule has 2 aromatic carbocycles. The van der Waals surface area contributed by atoms with Crippen LogP contribution in [0.4, 0.5) is 10.5 Å². The van der Waals surface area contributed by atoms with E-state index in [4.69, 9.17) is 4.74 Å². The number of anilines is 1. The summed E-state index contributed by atoms with van der Waals surface area (Å²) in [5, 5.41) is 12.6. The van der Waals surface area contributed by atoms with Crippen LogP contribution >= 0.6 is 0 Å². The summed E-state index contributed by atoms with van der Waals surface area (Å²) in [6, 6.07) is 12.5. The predicted octanol–water partition coefficient (Wildman–Crippen LogP) is 3.51. The Kier molecular flexibility index (Phi) is 5.82. The molecule has 5 heteroatoms. The molecule has 0 saturated carbocycles. The molecule has 0 heterocycles. The van der Waals surface area contributed by atoms with Crippen LogP contribution in [0, 0.1) is 13.8 Å². The van der Waals surface area contributed by atoms with Crippen LogP contribution in [0.5, 0.6) is 5.75 Å². The second-order valence-electron chi connectivity index (χ2n) is 5.83. The van der Waals surface area contributed by atoms with Gasteiger partial charge in [0.15, 0.2) is 0 Å². The molecule has 2 aromatic rings. The molecular formula is C19H24N2O3. The number of aliphatic hydroxyl groups is 1. The van der Waals surface area contributed by atoms with Crippen LogP contribution in [0.1, 0.15) is 22.7 Å². The van der Waals surface area contributed by atoms with Gasteiger partial charge in [-0.25, -0.2) is 4.79 Å². The summed E-state index contributed by atoms with van der Waals surface area (Å²) in [6.07, 6.45) is 0. The molecule has 1 atom stereocenters. The number of hydrogen-bond acceptors (Lipinski definition) is 3. The Morgan fingerprint density at radius 3 is 2.42 bits per heavy atom. The van der Waals surface area contributed by atoms with Crippen molar-refractivity contribution in [1.82, 2.24) is 4.90 Å². The molecule has 0 aromatic heterocycles. The van der Waals surface area contributed by atoms with E-state index in [1.165, 1.54) is 4.90 Å². The molecule has 128 valence electrons. The number of benzene rings is 2. The number of likely N-dealkylation sites (N-methyl/N-ethyl adjacent to an activating group) is 1. The molecule has 0 aliphatic carbocycles. The largest absolute Gasteiger partial charge is 0.497 e. The highest BCUT2D eigenvalue weighted by atomic mass is 16.5. The number of ether oxygens (including phenoxy) is 1. The van der Waals surface area contributed by atoms with E-state index in [-0.39, 0.29) is 12.6 Å². The van der Waals surface area contributed by atoms with E-state index >= 15 is 0 Å². The van der Waals surface area contributed by atoms with Crippen molar-refractivity contribution < 1.29 is 14.6 Å². The Morgan fingerprint density at radius 1 is 1.21 bits per heavy atom. The van der Waals surface area contributed by atoms with Crippen LogP contribution in [0.15, 0.2) is 42.5 Å². The van der Waals surface area contributed by atoms with Gasteiger partial charge in [-0.2, -0.15) is 0 Å². The lowest BCUT2D eigenvalue weighted by Gasteiger charge is -2.27. The number of aliphatic hydroxyl groups excluding tert-OH is 1. The minimum Gasteiger partial charge on any atom is -0.497 e. The summed E-state index contributed by atoms with van der Waals surface area (Å²) in [5.41, 5.74) is 3.76. The van der Waals surface area contributed by atoms with Crippen LogP contribution in [0.2, 0.25) is 0 Å². The molecule has 0 spiro atoms. The van der Waals surface area contributed by atoms with E-state index in [1.807, 2.05) is 56.3 Å². The maximum Gasteiger partial charge on any atom is 0.322 e. The summed E-state index contributed by atoms with van der Waals surface area (Å²) in [5.74, 6) is 0.734. The van der Waals surface area contributed by atoms with Crippen molar-refractivity contribution in [3.63, 3.8) is 0 Å². The van der Waals surface area contributed by atoms with E-state index < -0.39 is 6.04 Å². The summed E-state index contributed by atoms with van der Waals surface area (Å²) in [6.45, 7) is 3.80. The van der Waals surface area contributed by atoms with Gasteiger partial charge in [0.2, 0.25) is 0 Å². The normalized spacial score (nSPS) is 11.7. The van der Waals surface area contributed by atoms with Gasteiger partial charge in [0.1, 0.15) is 5.75 Å². The van der Waals surface area contributed by atoms with E-state index in [0.717, 1.165) is 28.1 Å². The Balaban J connectivity index is 2.14. The third-order valence-electron chi connectivity index (χ3n) is 4.08. The minimum absolute atomic E-state index is 0.164. The summed E-state index contributed by atoms with van der Waals surface area (Å²) in [7, 11) is 3.27. The average molecular weight is 328 g/mol. The fraction of sp³-hybridized carbons (Fsp3) is 0.316. The first-order chi connectivity index (χ1) is 11.5. The lowest BCUT2D eigenvalue weighted by molar-refractivity contribution is 0.159. The van der Waals surface area contributed by atoms with Gasteiger partial charge in [-0.05, 0) is 43.2 Å². The van der Waals surface area contributed by atoms with Crippen LogP contribution in [0.25, 0.3) is 0 Å². The standard InChI is InChI=1S/C19H24N2O3/c1-13-5-10-17(14(2)11-13)20-19(23)21(3)18(12-22)15-6-8-16(24-4)9-7-15/h5-11,18,22H,12H2,1-4H3,(H,20,23). The lowest BCUT2D eigenvalue weighted by atomic mass is 10.1. The van der Waals surface area contributed by atoms with Crippen molar-refractivity contribution in [3.05, 3.63) is 59.2 Å². The van der Waals surface area contributed by atoms with Crippen molar-refractivity contribution in [2.45, 2.75) is 19.9 Å². The third-order valence-corrected chi connectivity index (χ3v) is 4.08. The molecule has 0 aliphatic heterocycles. The van der Waals surface area contributed by atoms with Crippen LogP contribution in [-0.4, -0.2) is 36.8 Å². The van der Waals surface area contributed by atoms with Crippen molar-refractivity contribution in [1.29, 1.82) is 0 Å². The number of carbonyl (C=O) groups excluding carboxylic acids is 1. The number of rotatable bonds is 5. The number of hydrogen-bond donors (Lipinski definition) is 2. The highest BCUT2D eigenvalue weighted by Crippen LogP contribution is 2.23. The summed E-state index contributed by atoms with van der Waals surface area (Å²) >= 11 is 0. The number of aryl methyl sites for hydroxylation is 2. The zero-order valence-corrected chi connectivity index (χ0v) is 14.5. The number of methoxy groups -OCH3 is 1. The lowest BCUT2D eigenvalue weighted by Crippen LogP contribution is -2.36. The predicted molar refractivity (Wildman–Crippen MR) is 95.5 cm³/mol. The van der Waals surface area contributed by atoms with Crippen molar-refractivity contribution in [2.75, 3.05) is 26.1 Å². The number of urea groups is 1. The molecular weight excluding hydrogens is 304 g/mol. The molecule has 24 heavy (non-hydrogen) atoms. The van der Waals surface area contributed by atoms with Gasteiger partial charge in [-0.15, -0.1) is 0 Å². The first kappa shape index (κ1) is 17.8. The Morgan fingerprint density at radius 2 is 1.88 bits per heavy atom. The number of nitrogens with zero attached hydrogens (tertiary/aromatic N) is 1. The average Bonchev–Trinajstić information content (AvgIpc) is 2.58. The van der Waals surface area contributed by atoms with Gasteiger partial charge in [0, 0.05) is 12.7 Å². The zero-order chi connectivity index (χ0) is 17.7. The van der Waals surface area contributed by atoms with Crippen molar-refractivity contribution in [3.8, 4) is 5.75 Å². The van der Waals surface area contributed by atoms with Gasteiger partial charge in [-0.3, -0.25) is 0 Å². The van der Waals surface area contributed by atoms with Crippen LogP contribution < -0.4 is 10.1 Å². The van der Waals surface area contributed by atoms with E-state index in [9.17, 15) is 9.90 Å². The Bertz CT molecular complexity index is 698. The Hall–Kier alpha value is -2.53. The highest BCUT2D eigenvalue weighted by Gasteiger charge is 2.21. The van der Waals surface area contributed by atoms with Crippen molar-refractivity contribution in [2.24, 2.45) is 0 Å². The number of amides is 2. The number of carbonyl (C=O) groups is 1. The first-order valence-corrected chi connectivity index (χ1v) is 7.82. The molecule has 0 fully saturated rings. The smallest absolute Gasteiger partial charge is 0.322 e. The quantitative estimate of drug-likeness (QED) is 0.883. The van der Waals surface area contributed by atoms with Crippen LogP contribution in [0.3, 0.4) is 0 Å². The molecule has 0 bridgehead atoms. The van der Waals surface area contributed by atoms with E-state index in [2.05, 4.69) is 5.32 Å². The van der Waals surface area contributed by atoms with Gasteiger partial charge in [0.25, 0.3) is 0 Å². The number of nitrogens with one attached hydrogen (secondary N) is 1. The van der Waals surface area contributed by atoms with Crippen molar-refractivity contribution >= 4 is 11.7 Å². The van der Waals surface area contributed by atoms with E-state index in [0.29, 0.717) is 0 Å².